The topological polar surface area (TPSA) is 21.3 Å². The Labute approximate surface area is 119 Å². The van der Waals surface area contributed by atoms with Crippen LogP contribution in [0.2, 0.25) is 5.02 Å². The van der Waals surface area contributed by atoms with Gasteiger partial charge in [-0.2, -0.15) is 0 Å². The zero-order chi connectivity index (χ0) is 13.5. The molecule has 0 aliphatic heterocycles. The van der Waals surface area contributed by atoms with Crippen molar-refractivity contribution in [1.29, 1.82) is 0 Å². The molecule has 0 radical (unpaired) electrons. The van der Waals surface area contributed by atoms with Crippen molar-refractivity contribution in [3.8, 4) is 5.75 Å². The first-order chi connectivity index (χ1) is 9.29. The van der Waals surface area contributed by atoms with E-state index in [2.05, 4.69) is 17.4 Å². The zero-order valence-corrected chi connectivity index (χ0v) is 11.8. The van der Waals surface area contributed by atoms with Crippen LogP contribution in [0.25, 0.3) is 0 Å². The number of halogens is 1. The summed E-state index contributed by atoms with van der Waals surface area (Å²) in [4.78, 5) is 0. The number of ether oxygens (including phenoxy) is 1. The van der Waals surface area contributed by atoms with Gasteiger partial charge in [0.2, 0.25) is 0 Å². The molecule has 0 aromatic heterocycles. The number of rotatable bonds is 6. The molecule has 2 rings (SSSR count). The first kappa shape index (κ1) is 13.9. The van der Waals surface area contributed by atoms with Crippen molar-refractivity contribution in [1.82, 2.24) is 5.32 Å². The molecule has 0 aliphatic carbocycles. The van der Waals surface area contributed by atoms with Gasteiger partial charge in [-0.05, 0) is 49.3 Å². The minimum absolute atomic E-state index is 0.578. The molecule has 0 saturated heterocycles. The molecule has 3 heteroatoms. The highest BCUT2D eigenvalue weighted by atomic mass is 35.5. The first-order valence-corrected chi connectivity index (χ1v) is 6.77. The van der Waals surface area contributed by atoms with E-state index in [1.165, 1.54) is 0 Å². The fourth-order valence-corrected chi connectivity index (χ4v) is 2.07. The van der Waals surface area contributed by atoms with E-state index in [-0.39, 0.29) is 0 Å². The summed E-state index contributed by atoms with van der Waals surface area (Å²) in [6.45, 7) is 1.48. The van der Waals surface area contributed by atoms with Gasteiger partial charge in [-0.3, -0.25) is 0 Å². The Morgan fingerprint density at radius 3 is 2.63 bits per heavy atom. The summed E-state index contributed by atoms with van der Waals surface area (Å²) in [6.07, 6.45) is 0.904. The molecule has 0 saturated carbocycles. The SMILES string of the molecule is CNCCc1cc(Cl)ccc1OCc1ccccc1. The Morgan fingerprint density at radius 1 is 1.11 bits per heavy atom. The lowest BCUT2D eigenvalue weighted by Gasteiger charge is -2.12. The van der Waals surface area contributed by atoms with Crippen LogP contribution in [-0.4, -0.2) is 13.6 Å². The maximum Gasteiger partial charge on any atom is 0.123 e. The normalized spacial score (nSPS) is 10.4. The van der Waals surface area contributed by atoms with E-state index in [0.29, 0.717) is 6.61 Å². The molecule has 0 fully saturated rings. The molecule has 100 valence electrons. The van der Waals surface area contributed by atoms with Crippen LogP contribution in [0.4, 0.5) is 0 Å². The molecule has 0 atom stereocenters. The van der Waals surface area contributed by atoms with Gasteiger partial charge in [-0.15, -0.1) is 0 Å². The van der Waals surface area contributed by atoms with Gasteiger partial charge in [0.1, 0.15) is 12.4 Å². The standard InChI is InChI=1S/C16H18ClNO/c1-18-10-9-14-11-15(17)7-8-16(14)19-12-13-5-3-2-4-6-13/h2-8,11,18H,9-10,12H2,1H3. The largest absolute Gasteiger partial charge is 0.489 e. The van der Waals surface area contributed by atoms with Gasteiger partial charge >= 0.3 is 0 Å². The predicted molar refractivity (Wildman–Crippen MR) is 79.9 cm³/mol. The van der Waals surface area contributed by atoms with Crippen LogP contribution in [0.15, 0.2) is 48.5 Å². The fraction of sp³-hybridized carbons (Fsp3) is 0.250. The third-order valence-corrected chi connectivity index (χ3v) is 3.14. The fourth-order valence-electron chi connectivity index (χ4n) is 1.88. The van der Waals surface area contributed by atoms with E-state index in [0.717, 1.165) is 34.9 Å². The van der Waals surface area contributed by atoms with Crippen molar-refractivity contribution in [2.45, 2.75) is 13.0 Å². The highest BCUT2D eigenvalue weighted by Crippen LogP contribution is 2.24. The van der Waals surface area contributed by atoms with E-state index in [4.69, 9.17) is 16.3 Å². The molecular formula is C16H18ClNO. The minimum Gasteiger partial charge on any atom is -0.489 e. The average molecular weight is 276 g/mol. The molecule has 19 heavy (non-hydrogen) atoms. The predicted octanol–water partition coefficient (Wildman–Crippen LogP) is 3.68. The van der Waals surface area contributed by atoms with Gasteiger partial charge in [-0.25, -0.2) is 0 Å². The number of nitrogens with one attached hydrogen (secondary N) is 1. The maximum atomic E-state index is 6.04. The Hall–Kier alpha value is -1.51. The quantitative estimate of drug-likeness (QED) is 0.868. The third-order valence-electron chi connectivity index (χ3n) is 2.90. The average Bonchev–Trinajstić information content (AvgIpc) is 2.45. The second-order valence-corrected chi connectivity index (χ2v) is 4.82. The van der Waals surface area contributed by atoms with E-state index < -0.39 is 0 Å². The Bertz CT molecular complexity index is 513. The van der Waals surface area contributed by atoms with E-state index in [1.807, 2.05) is 43.4 Å². The first-order valence-electron chi connectivity index (χ1n) is 6.39. The molecule has 0 aliphatic rings. The molecule has 1 N–H and O–H groups in total. The highest BCUT2D eigenvalue weighted by Gasteiger charge is 2.05. The second-order valence-electron chi connectivity index (χ2n) is 4.38. The van der Waals surface area contributed by atoms with Gasteiger partial charge in [0.05, 0.1) is 0 Å². The molecule has 2 nitrogen and oxygen atoms in total. The second kappa shape index (κ2) is 7.17. The summed E-state index contributed by atoms with van der Waals surface area (Å²) >= 11 is 6.04. The summed E-state index contributed by atoms with van der Waals surface area (Å²) < 4.78 is 5.89. The number of hydrogen-bond donors (Lipinski definition) is 1. The van der Waals surface area contributed by atoms with Crippen LogP contribution in [0.3, 0.4) is 0 Å². The summed E-state index contributed by atoms with van der Waals surface area (Å²) in [5, 5.41) is 3.89. The van der Waals surface area contributed by atoms with Crippen LogP contribution in [-0.2, 0) is 13.0 Å². The van der Waals surface area contributed by atoms with E-state index in [9.17, 15) is 0 Å². The van der Waals surface area contributed by atoms with Gasteiger partial charge in [-0.1, -0.05) is 41.9 Å². The molecule has 0 bridgehead atoms. The monoisotopic (exact) mass is 275 g/mol. The van der Waals surface area contributed by atoms with Crippen molar-refractivity contribution in [2.75, 3.05) is 13.6 Å². The highest BCUT2D eigenvalue weighted by molar-refractivity contribution is 6.30. The number of likely N-dealkylation sites (N-methyl/N-ethyl adjacent to an activating group) is 1. The van der Waals surface area contributed by atoms with Crippen molar-refractivity contribution in [2.24, 2.45) is 0 Å². The molecule has 0 spiro atoms. The van der Waals surface area contributed by atoms with Crippen LogP contribution in [0.5, 0.6) is 5.75 Å². The summed E-state index contributed by atoms with van der Waals surface area (Å²) in [7, 11) is 1.94. The smallest absolute Gasteiger partial charge is 0.123 e. The van der Waals surface area contributed by atoms with Crippen LogP contribution >= 0.6 is 11.6 Å². The van der Waals surface area contributed by atoms with Crippen LogP contribution in [0, 0.1) is 0 Å². The van der Waals surface area contributed by atoms with Crippen LogP contribution in [0.1, 0.15) is 11.1 Å². The van der Waals surface area contributed by atoms with Crippen molar-refractivity contribution in [3.63, 3.8) is 0 Å². The van der Waals surface area contributed by atoms with Gasteiger partial charge in [0, 0.05) is 5.02 Å². The van der Waals surface area contributed by atoms with Gasteiger partial charge < -0.3 is 10.1 Å². The molecule has 0 heterocycles. The van der Waals surface area contributed by atoms with Gasteiger partial charge in [0.25, 0.3) is 0 Å². The third kappa shape index (κ3) is 4.27. The van der Waals surface area contributed by atoms with E-state index in [1.54, 1.807) is 0 Å². The van der Waals surface area contributed by atoms with Gasteiger partial charge in [0.15, 0.2) is 0 Å². The number of benzene rings is 2. The molecule has 2 aromatic carbocycles. The molecule has 2 aromatic rings. The van der Waals surface area contributed by atoms with Crippen molar-refractivity contribution in [3.05, 3.63) is 64.7 Å². The molecule has 0 amide bonds. The zero-order valence-electron chi connectivity index (χ0n) is 11.0. The Morgan fingerprint density at radius 2 is 1.89 bits per heavy atom. The lowest BCUT2D eigenvalue weighted by atomic mass is 10.1. The summed E-state index contributed by atoms with van der Waals surface area (Å²) in [6, 6.07) is 15.9. The number of hydrogen-bond acceptors (Lipinski definition) is 2. The van der Waals surface area contributed by atoms with E-state index >= 15 is 0 Å². The minimum atomic E-state index is 0.578. The maximum absolute atomic E-state index is 6.04. The van der Waals surface area contributed by atoms with Crippen LogP contribution < -0.4 is 10.1 Å². The lowest BCUT2D eigenvalue weighted by Crippen LogP contribution is -2.11. The summed E-state index contributed by atoms with van der Waals surface area (Å²) in [5.41, 5.74) is 2.30. The van der Waals surface area contributed by atoms with Crippen molar-refractivity contribution >= 4 is 11.6 Å². The Kier molecular flexibility index (Phi) is 5.25. The summed E-state index contributed by atoms with van der Waals surface area (Å²) in [5.74, 6) is 0.906. The lowest BCUT2D eigenvalue weighted by molar-refractivity contribution is 0.303. The molecule has 0 unspecified atom stereocenters. The van der Waals surface area contributed by atoms with Crippen molar-refractivity contribution < 1.29 is 4.74 Å². The Balaban J connectivity index is 2.06. The molecular weight excluding hydrogens is 258 g/mol.